The highest BCUT2D eigenvalue weighted by Gasteiger charge is 2.43. The van der Waals surface area contributed by atoms with Crippen molar-refractivity contribution in [3.05, 3.63) is 212 Å². The van der Waals surface area contributed by atoms with Crippen molar-refractivity contribution in [1.82, 2.24) is 0 Å². The fourth-order valence-electron chi connectivity index (χ4n) is 9.45. The molecule has 0 amide bonds. The summed E-state index contributed by atoms with van der Waals surface area (Å²) >= 11 is 0. The van der Waals surface area contributed by atoms with E-state index >= 15 is 0 Å². The Morgan fingerprint density at radius 1 is 0.338 bits per heavy atom. The second-order valence-corrected chi connectivity index (χ2v) is 26.8. The molecular formula is C57H44O10P4. The van der Waals surface area contributed by atoms with Crippen LogP contribution in [-0.4, -0.2) is 29.2 Å². The summed E-state index contributed by atoms with van der Waals surface area (Å²) in [4.78, 5) is 0. The van der Waals surface area contributed by atoms with Gasteiger partial charge in [-0.1, -0.05) is 146 Å². The molecule has 352 valence electrons. The van der Waals surface area contributed by atoms with Crippen LogP contribution in [-0.2, 0) is 18.3 Å². The lowest BCUT2D eigenvalue weighted by Crippen LogP contribution is -2.25. The maximum Gasteiger partial charge on any atom is 0.311 e. The molecule has 0 bridgehead atoms. The summed E-state index contributed by atoms with van der Waals surface area (Å²) in [6.07, 6.45) is 0.262. The van der Waals surface area contributed by atoms with Crippen molar-refractivity contribution >= 4 is 56.0 Å². The number of phenols is 2. The van der Waals surface area contributed by atoms with Crippen molar-refractivity contribution in [2.24, 2.45) is 0 Å². The van der Waals surface area contributed by atoms with Crippen molar-refractivity contribution in [2.75, 3.05) is 19.0 Å². The van der Waals surface area contributed by atoms with Crippen molar-refractivity contribution in [2.45, 2.75) is 0 Å². The van der Waals surface area contributed by atoms with Crippen molar-refractivity contribution in [1.29, 1.82) is 0 Å². The Kier molecular flexibility index (Phi) is 11.8. The topological polar surface area (TPSA) is 146 Å². The first kappa shape index (κ1) is 46.1. The van der Waals surface area contributed by atoms with Crippen molar-refractivity contribution in [3.63, 3.8) is 0 Å². The highest BCUT2D eigenvalue weighted by molar-refractivity contribution is 7.75. The molecule has 4 heterocycles. The predicted octanol–water partition coefficient (Wildman–Crippen LogP) is 13.0. The van der Waals surface area contributed by atoms with Crippen LogP contribution in [0.5, 0.6) is 34.5 Å². The molecular weight excluding hydrogens is 969 g/mol. The quantitative estimate of drug-likeness (QED) is 0.129. The number of hydrogen-bond acceptors (Lipinski definition) is 10. The first-order valence-electron chi connectivity index (χ1n) is 22.8. The fraction of sp³-hybridized carbons (Fsp3) is 0.0526. The normalized spacial score (nSPS) is 21.0. The zero-order valence-electron chi connectivity index (χ0n) is 38.1. The molecule has 10 nitrogen and oxygen atoms in total. The second-order valence-electron chi connectivity index (χ2n) is 17.3. The van der Waals surface area contributed by atoms with E-state index in [-0.39, 0.29) is 29.1 Å². The SMILES string of the molecule is CP1(=O)Oc2ccccc2-c2ccccc21.O=P1(CCP2(=O)Oc3ccccc3-c3ccccc32)Oc2ccccc2-c2ccccc21.O=P1(c2cc(O)ccc2O)Oc2ccccc2-c2ccccc21. The number of para-hydroxylation sites is 4. The maximum atomic E-state index is 14.2. The molecule has 4 atom stereocenters. The molecule has 0 aromatic heterocycles. The lowest BCUT2D eigenvalue weighted by Gasteiger charge is -2.32. The first-order chi connectivity index (χ1) is 34.4. The van der Waals surface area contributed by atoms with Gasteiger partial charge >= 0.3 is 7.37 Å². The summed E-state index contributed by atoms with van der Waals surface area (Å²) in [5.74, 6) is 2.17. The highest BCUT2D eigenvalue weighted by Crippen LogP contribution is 2.61. The van der Waals surface area contributed by atoms with Gasteiger partial charge in [0.1, 0.15) is 34.5 Å². The smallest absolute Gasteiger partial charge is 0.311 e. The summed E-state index contributed by atoms with van der Waals surface area (Å²) < 4.78 is 78.1. The van der Waals surface area contributed by atoms with E-state index in [4.69, 9.17) is 18.1 Å². The first-order valence-corrected chi connectivity index (χ1v) is 30.1. The van der Waals surface area contributed by atoms with E-state index in [1.165, 1.54) is 18.2 Å². The van der Waals surface area contributed by atoms with E-state index in [2.05, 4.69) is 0 Å². The summed E-state index contributed by atoms with van der Waals surface area (Å²) in [7, 11) is -12.9. The molecule has 0 aliphatic carbocycles. The molecule has 4 aliphatic rings. The average Bonchev–Trinajstić information content (AvgIpc) is 3.39. The number of phenolic OH excluding ortho intramolecular Hbond substituents is 2. The van der Waals surface area contributed by atoms with Gasteiger partial charge in [0.2, 0.25) is 0 Å². The molecule has 9 aromatic carbocycles. The van der Waals surface area contributed by atoms with E-state index in [9.17, 15) is 28.5 Å². The maximum absolute atomic E-state index is 14.2. The fourth-order valence-corrected chi connectivity index (χ4v) is 19.1. The van der Waals surface area contributed by atoms with E-state index in [1.807, 2.05) is 170 Å². The highest BCUT2D eigenvalue weighted by atomic mass is 31.2. The third-order valence-corrected chi connectivity index (χ3v) is 22.3. The van der Waals surface area contributed by atoms with Crippen LogP contribution in [0, 0.1) is 0 Å². The van der Waals surface area contributed by atoms with Crippen LogP contribution < -0.4 is 44.6 Å². The van der Waals surface area contributed by atoms with Gasteiger partial charge in [-0.15, -0.1) is 0 Å². The molecule has 4 unspecified atom stereocenters. The lowest BCUT2D eigenvalue weighted by atomic mass is 10.0. The molecule has 0 spiro atoms. The third kappa shape index (κ3) is 8.31. The largest absolute Gasteiger partial charge is 0.508 e. The van der Waals surface area contributed by atoms with Crippen LogP contribution in [0.2, 0.25) is 0 Å². The van der Waals surface area contributed by atoms with Gasteiger partial charge < -0.3 is 28.3 Å². The van der Waals surface area contributed by atoms with E-state index in [0.717, 1.165) is 49.8 Å². The Hall–Kier alpha value is -7.30. The van der Waals surface area contributed by atoms with Crippen molar-refractivity contribution in [3.8, 4) is 79.0 Å². The lowest BCUT2D eigenvalue weighted by molar-refractivity contribution is 0.459. The molecule has 0 saturated carbocycles. The van der Waals surface area contributed by atoms with Crippen LogP contribution in [0.25, 0.3) is 44.5 Å². The van der Waals surface area contributed by atoms with Gasteiger partial charge in [-0.05, 0) is 89.0 Å². The number of rotatable bonds is 4. The van der Waals surface area contributed by atoms with Crippen molar-refractivity contribution < 1.29 is 46.6 Å². The minimum atomic E-state index is -3.56. The van der Waals surface area contributed by atoms with Gasteiger partial charge in [0.25, 0.3) is 22.1 Å². The number of aromatic hydroxyl groups is 2. The van der Waals surface area contributed by atoms with Crippen LogP contribution in [0.15, 0.2) is 212 Å². The van der Waals surface area contributed by atoms with E-state index in [0.29, 0.717) is 38.9 Å². The standard InChI is InChI=1S/C26H20O4P2.C18H13O4P.C13H11O2P/c27-31(25-15-7-3-11-21(25)19-9-1-5-13-23(19)29-31)17-18-32(28)26-16-8-4-12-22(26)20-10-2-6-14-24(20)30-32;19-12-9-10-15(20)18(11-12)23(21)17-8-4-2-6-14(17)13-5-1-3-7-16(13)22-23;1-16(14)13-9-5-3-7-11(13)10-6-2-4-8-12(10)15-16/h1-16H,17-18H2;1-11,19-20H;2-9H,1H3. The molecule has 0 fully saturated rings. The van der Waals surface area contributed by atoms with Gasteiger partial charge in [0.05, 0.1) is 26.5 Å². The number of benzene rings is 9. The Balaban J connectivity index is 0.000000123. The Morgan fingerprint density at radius 3 is 1.11 bits per heavy atom. The van der Waals surface area contributed by atoms with Gasteiger partial charge in [-0.3, -0.25) is 18.3 Å². The Labute approximate surface area is 411 Å². The summed E-state index contributed by atoms with van der Waals surface area (Å²) in [6.45, 7) is 1.67. The van der Waals surface area contributed by atoms with E-state index < -0.39 is 29.5 Å². The van der Waals surface area contributed by atoms with Crippen LogP contribution in [0.4, 0.5) is 0 Å². The average molecular weight is 1010 g/mol. The summed E-state index contributed by atoms with van der Waals surface area (Å²) in [6, 6.07) is 64.5. The summed E-state index contributed by atoms with van der Waals surface area (Å²) in [5.41, 5.74) is 7.37. The molecule has 0 radical (unpaired) electrons. The minimum absolute atomic E-state index is 0.0760. The van der Waals surface area contributed by atoms with Crippen LogP contribution in [0.3, 0.4) is 0 Å². The Bertz CT molecular complexity index is 3670. The van der Waals surface area contributed by atoms with Gasteiger partial charge in [-0.2, -0.15) is 0 Å². The van der Waals surface area contributed by atoms with Gasteiger partial charge in [0, 0.05) is 41.2 Å². The summed E-state index contributed by atoms with van der Waals surface area (Å²) in [5, 5.41) is 22.7. The molecule has 71 heavy (non-hydrogen) atoms. The second kappa shape index (κ2) is 18.1. The van der Waals surface area contributed by atoms with Crippen LogP contribution >= 0.6 is 29.5 Å². The zero-order chi connectivity index (χ0) is 49.0. The van der Waals surface area contributed by atoms with Crippen LogP contribution in [0.1, 0.15) is 0 Å². The minimum Gasteiger partial charge on any atom is -0.508 e. The van der Waals surface area contributed by atoms with E-state index in [1.54, 1.807) is 30.9 Å². The number of hydrogen-bond donors (Lipinski definition) is 2. The number of fused-ring (bicyclic) bond motifs is 12. The molecule has 0 saturated heterocycles. The zero-order valence-corrected chi connectivity index (χ0v) is 41.6. The molecule has 2 N–H and O–H groups in total. The monoisotopic (exact) mass is 1010 g/mol. The molecule has 14 heteroatoms. The van der Waals surface area contributed by atoms with Gasteiger partial charge in [0.15, 0.2) is 0 Å². The predicted molar refractivity (Wildman–Crippen MR) is 284 cm³/mol. The Morgan fingerprint density at radius 2 is 0.662 bits per heavy atom. The molecule has 9 aromatic rings. The molecule has 4 aliphatic heterocycles. The van der Waals surface area contributed by atoms with Gasteiger partial charge in [-0.25, -0.2) is 0 Å². The molecule has 13 rings (SSSR count). The third-order valence-electron chi connectivity index (χ3n) is 12.8.